The smallest absolute Gasteiger partial charge is 0.238 e. The molecule has 21 heavy (non-hydrogen) atoms. The molecule has 1 amide bonds. The second kappa shape index (κ2) is 6.21. The Bertz CT molecular complexity index is 710. The van der Waals surface area contributed by atoms with E-state index in [9.17, 15) is 4.79 Å². The summed E-state index contributed by atoms with van der Waals surface area (Å²) in [5.74, 6) is 0.519. The van der Waals surface area contributed by atoms with Crippen molar-refractivity contribution in [1.82, 2.24) is 0 Å². The van der Waals surface area contributed by atoms with Gasteiger partial charge in [-0.1, -0.05) is 57.3 Å². The van der Waals surface area contributed by atoms with Gasteiger partial charge < -0.3 is 0 Å². The molecule has 1 atom stereocenters. The van der Waals surface area contributed by atoms with Crippen LogP contribution in [-0.4, -0.2) is 11.7 Å². The highest BCUT2D eigenvalue weighted by Crippen LogP contribution is 2.44. The SMILES string of the molecule is O=C1CS[C@@H](c2ccccc2Br)N1c1ccc(Cl)c(Cl)c1. The molecule has 108 valence electrons. The maximum Gasteiger partial charge on any atom is 0.238 e. The van der Waals surface area contributed by atoms with Crippen molar-refractivity contribution in [2.45, 2.75) is 5.37 Å². The van der Waals surface area contributed by atoms with Gasteiger partial charge in [0.2, 0.25) is 5.91 Å². The molecule has 0 unspecified atom stereocenters. The van der Waals surface area contributed by atoms with E-state index in [-0.39, 0.29) is 11.3 Å². The molecule has 0 radical (unpaired) electrons. The van der Waals surface area contributed by atoms with Crippen molar-refractivity contribution in [3.05, 3.63) is 62.5 Å². The third-order valence-electron chi connectivity index (χ3n) is 3.22. The Balaban J connectivity index is 2.04. The van der Waals surface area contributed by atoms with E-state index in [1.807, 2.05) is 30.3 Å². The number of hydrogen-bond acceptors (Lipinski definition) is 2. The zero-order valence-corrected chi connectivity index (χ0v) is 14.6. The number of rotatable bonds is 2. The highest BCUT2D eigenvalue weighted by Gasteiger charge is 2.35. The predicted octanol–water partition coefficient (Wildman–Crippen LogP) is 5.53. The lowest BCUT2D eigenvalue weighted by atomic mass is 10.2. The van der Waals surface area contributed by atoms with Crippen LogP contribution >= 0.6 is 50.9 Å². The Morgan fingerprint density at radius 2 is 1.90 bits per heavy atom. The fraction of sp³-hybridized carbons (Fsp3) is 0.133. The molecule has 1 aliphatic heterocycles. The summed E-state index contributed by atoms with van der Waals surface area (Å²) in [5, 5.41) is 0.868. The summed E-state index contributed by atoms with van der Waals surface area (Å²) in [4.78, 5) is 14.1. The van der Waals surface area contributed by atoms with Gasteiger partial charge in [0.1, 0.15) is 5.37 Å². The van der Waals surface area contributed by atoms with Gasteiger partial charge in [0.15, 0.2) is 0 Å². The van der Waals surface area contributed by atoms with E-state index in [0.29, 0.717) is 15.8 Å². The minimum Gasteiger partial charge on any atom is -0.295 e. The normalized spacial score (nSPS) is 18.3. The van der Waals surface area contributed by atoms with Crippen LogP contribution < -0.4 is 4.90 Å². The van der Waals surface area contributed by atoms with Crippen LogP contribution in [-0.2, 0) is 4.79 Å². The van der Waals surface area contributed by atoms with E-state index in [1.165, 1.54) is 0 Å². The van der Waals surface area contributed by atoms with Gasteiger partial charge in [0, 0.05) is 10.2 Å². The second-order valence-corrected chi connectivity index (χ2v) is 7.28. The van der Waals surface area contributed by atoms with E-state index < -0.39 is 0 Å². The molecule has 0 N–H and O–H groups in total. The molecular formula is C15H10BrCl2NOS. The van der Waals surface area contributed by atoms with Crippen molar-refractivity contribution in [2.75, 3.05) is 10.7 Å². The van der Waals surface area contributed by atoms with Gasteiger partial charge in [-0.15, -0.1) is 11.8 Å². The van der Waals surface area contributed by atoms with Gasteiger partial charge in [0.25, 0.3) is 0 Å². The van der Waals surface area contributed by atoms with Crippen molar-refractivity contribution < 1.29 is 4.79 Å². The molecule has 6 heteroatoms. The maximum absolute atomic E-state index is 12.3. The van der Waals surface area contributed by atoms with Gasteiger partial charge in [-0.05, 0) is 29.8 Å². The quantitative estimate of drug-likeness (QED) is 0.657. The lowest BCUT2D eigenvalue weighted by molar-refractivity contribution is -0.115. The van der Waals surface area contributed by atoms with Crippen LogP contribution in [0, 0.1) is 0 Å². The van der Waals surface area contributed by atoms with Crippen LogP contribution in [0.5, 0.6) is 0 Å². The fourth-order valence-electron chi connectivity index (χ4n) is 2.24. The number of hydrogen-bond donors (Lipinski definition) is 0. The summed E-state index contributed by atoms with van der Waals surface area (Å²) in [5.41, 5.74) is 1.83. The lowest BCUT2D eigenvalue weighted by Gasteiger charge is -2.25. The summed E-state index contributed by atoms with van der Waals surface area (Å²) >= 11 is 17.2. The summed E-state index contributed by atoms with van der Waals surface area (Å²) in [6, 6.07) is 13.2. The highest BCUT2D eigenvalue weighted by atomic mass is 79.9. The van der Waals surface area contributed by atoms with Gasteiger partial charge in [-0.25, -0.2) is 0 Å². The first kappa shape index (κ1) is 15.2. The molecule has 0 aromatic heterocycles. The van der Waals surface area contributed by atoms with Gasteiger partial charge in [0.05, 0.1) is 15.8 Å². The summed E-state index contributed by atoms with van der Waals surface area (Å²) in [6.45, 7) is 0. The van der Waals surface area contributed by atoms with E-state index in [4.69, 9.17) is 23.2 Å². The third-order valence-corrected chi connectivity index (χ3v) is 5.88. The van der Waals surface area contributed by atoms with E-state index in [1.54, 1.807) is 28.8 Å². The number of benzene rings is 2. The number of nitrogens with zero attached hydrogens (tertiary/aromatic N) is 1. The molecule has 1 aliphatic rings. The number of carbonyl (C=O) groups is 1. The molecular weight excluding hydrogens is 393 g/mol. The van der Waals surface area contributed by atoms with Crippen LogP contribution in [0.4, 0.5) is 5.69 Å². The average molecular weight is 403 g/mol. The lowest BCUT2D eigenvalue weighted by Crippen LogP contribution is -2.27. The molecule has 3 rings (SSSR count). The fourth-order valence-corrected chi connectivity index (χ4v) is 4.40. The van der Waals surface area contributed by atoms with Crippen LogP contribution in [0.3, 0.4) is 0 Å². The molecule has 2 aromatic carbocycles. The first-order valence-corrected chi connectivity index (χ1v) is 8.81. The molecule has 2 aromatic rings. The largest absolute Gasteiger partial charge is 0.295 e. The van der Waals surface area contributed by atoms with Crippen molar-refractivity contribution >= 4 is 62.5 Å². The Labute approximate surface area is 145 Å². The number of amides is 1. The Hall–Kier alpha value is -0.680. The average Bonchev–Trinajstić information content (AvgIpc) is 2.84. The highest BCUT2D eigenvalue weighted by molar-refractivity contribution is 9.10. The van der Waals surface area contributed by atoms with Crippen molar-refractivity contribution in [3.63, 3.8) is 0 Å². The minimum absolute atomic E-state index is 0.0645. The summed E-state index contributed by atoms with van der Waals surface area (Å²) < 4.78 is 0.988. The number of thioether (sulfide) groups is 1. The maximum atomic E-state index is 12.3. The number of carbonyl (C=O) groups excluding carboxylic acids is 1. The zero-order chi connectivity index (χ0) is 15.0. The Kier molecular flexibility index (Phi) is 4.50. The first-order chi connectivity index (χ1) is 10.1. The second-order valence-electron chi connectivity index (χ2n) is 4.55. The zero-order valence-electron chi connectivity index (χ0n) is 10.7. The molecule has 0 spiro atoms. The summed E-state index contributed by atoms with van der Waals surface area (Å²) in [6.07, 6.45) is 0. The van der Waals surface area contributed by atoms with Crippen molar-refractivity contribution in [1.29, 1.82) is 0 Å². The molecule has 0 aliphatic carbocycles. The third kappa shape index (κ3) is 2.95. The Morgan fingerprint density at radius 3 is 2.62 bits per heavy atom. The molecule has 2 nitrogen and oxygen atoms in total. The predicted molar refractivity (Wildman–Crippen MR) is 93.3 cm³/mol. The van der Waals surface area contributed by atoms with Crippen molar-refractivity contribution in [2.24, 2.45) is 0 Å². The molecule has 0 bridgehead atoms. The molecule has 0 saturated carbocycles. The van der Waals surface area contributed by atoms with E-state index >= 15 is 0 Å². The van der Waals surface area contributed by atoms with Gasteiger partial charge in [-0.2, -0.15) is 0 Å². The number of anilines is 1. The van der Waals surface area contributed by atoms with Crippen LogP contribution in [0.1, 0.15) is 10.9 Å². The van der Waals surface area contributed by atoms with Crippen LogP contribution in [0.2, 0.25) is 10.0 Å². The first-order valence-electron chi connectivity index (χ1n) is 6.21. The van der Waals surface area contributed by atoms with E-state index in [2.05, 4.69) is 15.9 Å². The Morgan fingerprint density at radius 1 is 1.14 bits per heavy atom. The minimum atomic E-state index is -0.0645. The van der Waals surface area contributed by atoms with Gasteiger partial charge in [-0.3, -0.25) is 9.69 Å². The van der Waals surface area contributed by atoms with Crippen LogP contribution in [0.15, 0.2) is 46.9 Å². The van der Waals surface area contributed by atoms with Crippen LogP contribution in [0.25, 0.3) is 0 Å². The topological polar surface area (TPSA) is 20.3 Å². The molecule has 1 heterocycles. The van der Waals surface area contributed by atoms with E-state index in [0.717, 1.165) is 15.7 Å². The number of halogens is 3. The standard InChI is InChI=1S/C15H10BrCl2NOS/c16-11-4-2-1-3-10(11)15-19(14(20)8-21-15)9-5-6-12(17)13(18)7-9/h1-7,15H,8H2/t15-/m0/s1. The van der Waals surface area contributed by atoms with Crippen molar-refractivity contribution in [3.8, 4) is 0 Å². The molecule has 1 fully saturated rings. The monoisotopic (exact) mass is 401 g/mol. The molecule has 1 saturated heterocycles. The van der Waals surface area contributed by atoms with Gasteiger partial charge >= 0.3 is 0 Å². The summed E-state index contributed by atoms with van der Waals surface area (Å²) in [7, 11) is 0.